The quantitative estimate of drug-likeness (QED) is 0.543. The van der Waals surface area contributed by atoms with E-state index in [9.17, 15) is 18.4 Å². The molecule has 2 heterocycles. The fourth-order valence-corrected chi connectivity index (χ4v) is 3.79. The van der Waals surface area contributed by atoms with Gasteiger partial charge in [-0.1, -0.05) is 17.7 Å². The number of halogens is 3. The number of carbonyl (C=O) groups is 1. The number of aryl methyl sites for hydroxylation is 1. The SMILES string of the molecule is Cc1ccc(C(=O)NC[C@H]2CCCO2)cc1-n1cnc(OCc2ccc(F)cc2F)c(Cl)c1=O. The number of ether oxygens (including phenoxy) is 2. The molecule has 3 aromatic rings. The second-order valence-electron chi connectivity index (χ2n) is 7.91. The molecule has 4 rings (SSSR count). The molecule has 10 heteroatoms. The Morgan fingerprint density at radius 2 is 2.12 bits per heavy atom. The van der Waals surface area contributed by atoms with Crippen LogP contribution in [-0.4, -0.2) is 34.7 Å². The summed E-state index contributed by atoms with van der Waals surface area (Å²) in [5, 5.41) is 2.54. The predicted molar refractivity (Wildman–Crippen MR) is 122 cm³/mol. The minimum absolute atomic E-state index is 0.00965. The van der Waals surface area contributed by atoms with Gasteiger partial charge in [0.2, 0.25) is 5.88 Å². The zero-order valence-corrected chi connectivity index (χ0v) is 19.1. The summed E-state index contributed by atoms with van der Waals surface area (Å²) in [5.74, 6) is -1.97. The molecule has 1 fully saturated rings. The highest BCUT2D eigenvalue weighted by Gasteiger charge is 2.18. The molecular formula is C24H22ClF2N3O4. The van der Waals surface area contributed by atoms with Crippen LogP contribution in [0, 0.1) is 18.6 Å². The van der Waals surface area contributed by atoms with Crippen LogP contribution in [0.15, 0.2) is 47.5 Å². The van der Waals surface area contributed by atoms with Gasteiger partial charge in [0.25, 0.3) is 11.5 Å². The first kappa shape index (κ1) is 23.8. The minimum Gasteiger partial charge on any atom is -0.471 e. The third-order valence-corrected chi connectivity index (χ3v) is 5.83. The van der Waals surface area contributed by atoms with Crippen LogP contribution in [0.5, 0.6) is 5.88 Å². The molecule has 1 atom stereocenters. The van der Waals surface area contributed by atoms with E-state index in [0.717, 1.165) is 30.5 Å². The van der Waals surface area contributed by atoms with Crippen LogP contribution >= 0.6 is 11.6 Å². The van der Waals surface area contributed by atoms with Crippen LogP contribution < -0.4 is 15.6 Å². The summed E-state index contributed by atoms with van der Waals surface area (Å²) in [6.45, 7) is 2.60. The standard InChI is InChI=1S/C24H22ClF2N3O4/c1-14-4-5-15(22(31)28-11-18-3-2-8-33-18)9-20(14)30-13-29-23(21(25)24(30)32)34-12-16-6-7-17(26)10-19(16)27/h4-7,9-10,13,18H,2-3,8,11-12H2,1H3,(H,28,31)/t18-/m1/s1. The Morgan fingerprint density at radius 3 is 2.85 bits per heavy atom. The number of rotatable bonds is 7. The molecule has 0 bridgehead atoms. The lowest BCUT2D eigenvalue weighted by Crippen LogP contribution is -2.32. The Bertz CT molecular complexity index is 1280. The number of aromatic nitrogens is 2. The molecule has 1 aliphatic rings. The zero-order chi connectivity index (χ0) is 24.2. The summed E-state index contributed by atoms with van der Waals surface area (Å²) >= 11 is 6.19. The second kappa shape index (κ2) is 10.3. The summed E-state index contributed by atoms with van der Waals surface area (Å²) < 4.78 is 39.0. The molecule has 1 aliphatic heterocycles. The van der Waals surface area contributed by atoms with Crippen LogP contribution in [0.1, 0.15) is 34.3 Å². The van der Waals surface area contributed by atoms with E-state index in [2.05, 4.69) is 10.3 Å². The monoisotopic (exact) mass is 489 g/mol. The van der Waals surface area contributed by atoms with Gasteiger partial charge in [0.15, 0.2) is 5.02 Å². The van der Waals surface area contributed by atoms with Crippen molar-refractivity contribution in [2.24, 2.45) is 0 Å². The Labute approximate surface area is 199 Å². The minimum atomic E-state index is -0.783. The number of benzene rings is 2. The first-order valence-corrected chi connectivity index (χ1v) is 11.1. The maximum atomic E-state index is 13.8. The van der Waals surface area contributed by atoms with Gasteiger partial charge in [0.05, 0.1) is 11.8 Å². The molecule has 178 valence electrons. The van der Waals surface area contributed by atoms with Gasteiger partial charge in [-0.05, 0) is 49.6 Å². The average Bonchev–Trinajstić information content (AvgIpc) is 3.34. The van der Waals surface area contributed by atoms with Gasteiger partial charge in [0.1, 0.15) is 24.6 Å². The zero-order valence-electron chi connectivity index (χ0n) is 18.3. The van der Waals surface area contributed by atoms with Crippen molar-refractivity contribution in [3.63, 3.8) is 0 Å². The van der Waals surface area contributed by atoms with Crippen molar-refractivity contribution in [2.75, 3.05) is 13.2 Å². The van der Waals surface area contributed by atoms with Crippen LogP contribution in [0.25, 0.3) is 5.69 Å². The summed E-state index contributed by atoms with van der Waals surface area (Å²) in [6.07, 6.45) is 3.11. The van der Waals surface area contributed by atoms with Gasteiger partial charge >= 0.3 is 0 Å². The lowest BCUT2D eigenvalue weighted by atomic mass is 10.1. The van der Waals surface area contributed by atoms with Crippen molar-refractivity contribution in [2.45, 2.75) is 32.5 Å². The van der Waals surface area contributed by atoms with E-state index in [4.69, 9.17) is 21.1 Å². The number of nitrogens with zero attached hydrogens (tertiary/aromatic N) is 2. The Hall–Kier alpha value is -3.30. The normalized spacial score (nSPS) is 15.4. The Kier molecular flexibility index (Phi) is 7.23. The van der Waals surface area contributed by atoms with Crippen molar-refractivity contribution in [1.29, 1.82) is 0 Å². The fraction of sp³-hybridized carbons (Fsp3) is 0.292. The number of amides is 1. The molecular weight excluding hydrogens is 468 g/mol. The van der Waals surface area contributed by atoms with Crippen LogP contribution in [0.4, 0.5) is 8.78 Å². The van der Waals surface area contributed by atoms with E-state index < -0.39 is 17.2 Å². The largest absolute Gasteiger partial charge is 0.471 e. The van der Waals surface area contributed by atoms with E-state index in [1.165, 1.54) is 17.0 Å². The van der Waals surface area contributed by atoms with E-state index in [0.29, 0.717) is 24.4 Å². The Balaban J connectivity index is 1.53. The van der Waals surface area contributed by atoms with Crippen LogP contribution in [0.2, 0.25) is 5.02 Å². The molecule has 0 unspecified atom stereocenters. The summed E-state index contributed by atoms with van der Waals surface area (Å²) in [6, 6.07) is 8.03. The van der Waals surface area contributed by atoms with Crippen molar-refractivity contribution in [3.8, 4) is 11.6 Å². The van der Waals surface area contributed by atoms with E-state index >= 15 is 0 Å². The topological polar surface area (TPSA) is 82.4 Å². The van der Waals surface area contributed by atoms with Gasteiger partial charge in [-0.2, -0.15) is 0 Å². The Morgan fingerprint density at radius 1 is 1.29 bits per heavy atom. The van der Waals surface area contributed by atoms with Gasteiger partial charge in [0, 0.05) is 30.3 Å². The molecule has 7 nitrogen and oxygen atoms in total. The molecule has 0 aliphatic carbocycles. The van der Waals surface area contributed by atoms with Gasteiger partial charge < -0.3 is 14.8 Å². The first-order chi connectivity index (χ1) is 16.3. The van der Waals surface area contributed by atoms with Gasteiger partial charge in [-0.25, -0.2) is 13.8 Å². The second-order valence-corrected chi connectivity index (χ2v) is 8.29. The maximum absolute atomic E-state index is 13.8. The van der Waals surface area contributed by atoms with Crippen molar-refractivity contribution in [1.82, 2.24) is 14.9 Å². The predicted octanol–water partition coefficient (Wildman–Crippen LogP) is 3.96. The maximum Gasteiger partial charge on any atom is 0.280 e. The smallest absolute Gasteiger partial charge is 0.280 e. The number of nitrogens with one attached hydrogen (secondary N) is 1. The molecule has 1 amide bonds. The lowest BCUT2D eigenvalue weighted by molar-refractivity contribution is 0.0857. The first-order valence-electron chi connectivity index (χ1n) is 10.7. The molecule has 34 heavy (non-hydrogen) atoms. The lowest BCUT2D eigenvalue weighted by Gasteiger charge is -2.14. The van der Waals surface area contributed by atoms with Crippen molar-refractivity contribution >= 4 is 17.5 Å². The third kappa shape index (κ3) is 5.26. The molecule has 1 aromatic heterocycles. The molecule has 0 saturated carbocycles. The molecule has 1 saturated heterocycles. The van der Waals surface area contributed by atoms with Gasteiger partial charge in [-0.3, -0.25) is 14.2 Å². The van der Waals surface area contributed by atoms with E-state index in [1.807, 2.05) is 0 Å². The average molecular weight is 490 g/mol. The highest BCUT2D eigenvalue weighted by Crippen LogP contribution is 2.22. The van der Waals surface area contributed by atoms with E-state index in [1.54, 1.807) is 25.1 Å². The fourth-order valence-electron chi connectivity index (χ4n) is 3.60. The van der Waals surface area contributed by atoms with Crippen molar-refractivity contribution in [3.05, 3.63) is 86.4 Å². The van der Waals surface area contributed by atoms with Crippen LogP contribution in [0.3, 0.4) is 0 Å². The summed E-state index contributed by atoms with van der Waals surface area (Å²) in [7, 11) is 0. The van der Waals surface area contributed by atoms with Crippen molar-refractivity contribution < 1.29 is 23.0 Å². The molecule has 1 N–H and O–H groups in total. The number of carbonyl (C=O) groups excluding carboxylic acids is 1. The molecule has 2 aromatic carbocycles. The number of hydrogen-bond donors (Lipinski definition) is 1. The molecule has 0 radical (unpaired) electrons. The highest BCUT2D eigenvalue weighted by atomic mass is 35.5. The van der Waals surface area contributed by atoms with Crippen LogP contribution in [-0.2, 0) is 11.3 Å². The van der Waals surface area contributed by atoms with Gasteiger partial charge in [-0.15, -0.1) is 0 Å². The number of hydrogen-bond acceptors (Lipinski definition) is 5. The summed E-state index contributed by atoms with van der Waals surface area (Å²) in [4.78, 5) is 29.6. The third-order valence-electron chi connectivity index (χ3n) is 5.51. The van der Waals surface area contributed by atoms with E-state index in [-0.39, 0.29) is 35.1 Å². The molecule has 0 spiro atoms. The summed E-state index contributed by atoms with van der Waals surface area (Å²) in [5.41, 5.74) is 0.985. The highest BCUT2D eigenvalue weighted by molar-refractivity contribution is 6.31.